The van der Waals surface area contributed by atoms with Crippen molar-refractivity contribution in [3.05, 3.63) is 24.3 Å². The maximum atomic E-state index is 13.6. The fraction of sp³-hybridized carbons (Fsp3) is 0.609. The van der Waals surface area contributed by atoms with Crippen LogP contribution in [-0.2, 0) is 24.4 Å². The van der Waals surface area contributed by atoms with Crippen LogP contribution < -0.4 is 15.5 Å². The minimum Gasteiger partial charge on any atom is -0.351 e. The monoisotopic (exact) mass is 478 g/mol. The Morgan fingerprint density at radius 1 is 1.09 bits per heavy atom. The molecule has 1 saturated carbocycles. The molecule has 3 rings (SSSR count). The van der Waals surface area contributed by atoms with Crippen LogP contribution in [0.4, 0.5) is 11.4 Å². The number of sulfonamides is 1. The van der Waals surface area contributed by atoms with Gasteiger partial charge in [-0.3, -0.25) is 19.3 Å². The summed E-state index contributed by atoms with van der Waals surface area (Å²) in [6.07, 6.45) is 6.08. The van der Waals surface area contributed by atoms with Gasteiger partial charge in [-0.15, -0.1) is 0 Å². The first-order chi connectivity index (χ1) is 15.6. The molecule has 10 heteroatoms. The average molecular weight is 479 g/mol. The van der Waals surface area contributed by atoms with E-state index < -0.39 is 21.5 Å². The number of nitrogens with one attached hydrogen (secondary N) is 2. The largest absolute Gasteiger partial charge is 0.351 e. The maximum Gasteiger partial charge on any atom is 0.247 e. The summed E-state index contributed by atoms with van der Waals surface area (Å²) in [7, 11) is -3.67. The van der Waals surface area contributed by atoms with E-state index in [1.54, 1.807) is 31.2 Å². The molecule has 2 N–H and O–H groups in total. The highest BCUT2D eigenvalue weighted by molar-refractivity contribution is 7.89. The molecule has 182 valence electrons. The average Bonchev–Trinajstić information content (AvgIpc) is 3.02. The lowest BCUT2D eigenvalue weighted by atomic mass is 9.93. The summed E-state index contributed by atoms with van der Waals surface area (Å²) in [6.45, 7) is 4.10. The predicted molar refractivity (Wildman–Crippen MR) is 127 cm³/mol. The normalized spacial score (nSPS) is 23.1. The van der Waals surface area contributed by atoms with E-state index in [9.17, 15) is 22.8 Å². The highest BCUT2D eigenvalue weighted by atomic mass is 32.2. The van der Waals surface area contributed by atoms with E-state index in [2.05, 4.69) is 10.6 Å². The summed E-state index contributed by atoms with van der Waals surface area (Å²) in [6, 6.07) is 6.63. The van der Waals surface area contributed by atoms with Gasteiger partial charge in [0.05, 0.1) is 12.3 Å². The topological polar surface area (TPSA) is 116 Å². The Labute approximate surface area is 195 Å². The smallest absolute Gasteiger partial charge is 0.247 e. The van der Waals surface area contributed by atoms with Gasteiger partial charge in [-0.05, 0) is 51.0 Å². The number of hydrogen-bond acceptors (Lipinski definition) is 5. The molecule has 1 aromatic rings. The molecule has 1 aromatic carbocycles. The van der Waals surface area contributed by atoms with Crippen LogP contribution in [-0.4, -0.2) is 60.9 Å². The fourth-order valence-electron chi connectivity index (χ4n) is 4.61. The molecule has 0 bridgehead atoms. The number of carbonyl (C=O) groups excluding carboxylic acids is 3. The summed E-state index contributed by atoms with van der Waals surface area (Å²) >= 11 is 0. The van der Waals surface area contributed by atoms with E-state index in [1.807, 2.05) is 0 Å². The quantitative estimate of drug-likeness (QED) is 0.609. The number of piperazine rings is 1. The van der Waals surface area contributed by atoms with Gasteiger partial charge in [-0.25, -0.2) is 8.42 Å². The second-order valence-electron chi connectivity index (χ2n) is 9.06. The van der Waals surface area contributed by atoms with Gasteiger partial charge in [0, 0.05) is 30.9 Å². The van der Waals surface area contributed by atoms with Gasteiger partial charge in [0.2, 0.25) is 27.7 Å². The molecule has 1 aliphatic carbocycles. The zero-order valence-electron chi connectivity index (χ0n) is 19.6. The van der Waals surface area contributed by atoms with Crippen molar-refractivity contribution in [2.75, 3.05) is 29.1 Å². The molecule has 33 heavy (non-hydrogen) atoms. The highest BCUT2D eigenvalue weighted by Gasteiger charge is 2.51. The molecular weight excluding hydrogens is 444 g/mol. The molecule has 1 saturated heterocycles. The SMILES string of the molecule is CCS(=O)(=O)N1CC(=O)N(c2ccc(NC(C)=O)cc2)[C@](C)(C(=O)NC2CCCCCC2)C1. The standard InChI is InChI=1S/C23H34N4O5S/c1-4-33(31,32)26-15-21(29)27(20-13-11-19(12-14-20)24-17(2)28)23(3,16-26)22(30)25-18-9-7-5-6-8-10-18/h11-14,18H,4-10,15-16H2,1-3H3,(H,24,28)(H,25,30)/t23-/m0/s1. The first kappa shape index (κ1) is 25.2. The third-order valence-electron chi connectivity index (χ3n) is 6.42. The van der Waals surface area contributed by atoms with Crippen molar-refractivity contribution >= 4 is 39.1 Å². The van der Waals surface area contributed by atoms with E-state index in [0.717, 1.165) is 42.8 Å². The lowest BCUT2D eigenvalue weighted by molar-refractivity contribution is -0.133. The summed E-state index contributed by atoms with van der Waals surface area (Å²) in [5.74, 6) is -1.19. The van der Waals surface area contributed by atoms with Crippen molar-refractivity contribution in [3.63, 3.8) is 0 Å². The summed E-state index contributed by atoms with van der Waals surface area (Å²) in [4.78, 5) is 39.6. The Hall–Kier alpha value is -2.46. The molecule has 1 atom stereocenters. The van der Waals surface area contributed by atoms with Gasteiger partial charge < -0.3 is 10.6 Å². The first-order valence-electron chi connectivity index (χ1n) is 11.6. The van der Waals surface area contributed by atoms with Gasteiger partial charge in [0.15, 0.2) is 0 Å². The van der Waals surface area contributed by atoms with Crippen LogP contribution in [0.1, 0.15) is 59.3 Å². The molecule has 0 unspecified atom stereocenters. The van der Waals surface area contributed by atoms with Crippen molar-refractivity contribution in [2.45, 2.75) is 70.9 Å². The number of carbonyl (C=O) groups is 3. The molecule has 3 amide bonds. The Morgan fingerprint density at radius 2 is 1.70 bits per heavy atom. The van der Waals surface area contributed by atoms with Crippen molar-refractivity contribution in [1.29, 1.82) is 0 Å². The lowest BCUT2D eigenvalue weighted by Crippen LogP contribution is -2.70. The van der Waals surface area contributed by atoms with Crippen LogP contribution >= 0.6 is 0 Å². The molecule has 2 aliphatic rings. The third-order valence-corrected chi connectivity index (χ3v) is 8.20. The molecule has 9 nitrogen and oxygen atoms in total. The Balaban J connectivity index is 1.95. The molecule has 1 heterocycles. The molecule has 0 radical (unpaired) electrons. The number of nitrogens with zero attached hydrogens (tertiary/aromatic N) is 2. The Morgan fingerprint density at radius 3 is 2.24 bits per heavy atom. The van der Waals surface area contributed by atoms with Crippen LogP contribution in [0.25, 0.3) is 0 Å². The number of benzene rings is 1. The Kier molecular flexibility index (Phi) is 7.79. The van der Waals surface area contributed by atoms with Crippen LogP contribution in [0.5, 0.6) is 0 Å². The van der Waals surface area contributed by atoms with E-state index >= 15 is 0 Å². The van der Waals surface area contributed by atoms with Gasteiger partial charge in [0.1, 0.15) is 5.54 Å². The summed E-state index contributed by atoms with van der Waals surface area (Å²) < 4.78 is 26.4. The van der Waals surface area contributed by atoms with Gasteiger partial charge in [0.25, 0.3) is 0 Å². The lowest BCUT2D eigenvalue weighted by Gasteiger charge is -2.47. The second-order valence-corrected chi connectivity index (χ2v) is 11.3. The van der Waals surface area contributed by atoms with Crippen LogP contribution in [0, 0.1) is 0 Å². The maximum absolute atomic E-state index is 13.6. The molecule has 0 aromatic heterocycles. The van der Waals surface area contributed by atoms with Gasteiger partial charge in [-0.2, -0.15) is 4.31 Å². The molecule has 2 fully saturated rings. The van der Waals surface area contributed by atoms with Crippen molar-refractivity contribution < 1.29 is 22.8 Å². The van der Waals surface area contributed by atoms with E-state index in [0.29, 0.717) is 11.4 Å². The van der Waals surface area contributed by atoms with Crippen LogP contribution in [0.3, 0.4) is 0 Å². The highest BCUT2D eigenvalue weighted by Crippen LogP contribution is 2.32. The van der Waals surface area contributed by atoms with Crippen LogP contribution in [0.2, 0.25) is 0 Å². The van der Waals surface area contributed by atoms with E-state index in [1.165, 1.54) is 18.7 Å². The molecule has 0 spiro atoms. The minimum absolute atomic E-state index is 0.00841. The fourth-order valence-corrected chi connectivity index (χ4v) is 5.73. The number of amides is 3. The molecule has 1 aliphatic heterocycles. The van der Waals surface area contributed by atoms with Crippen molar-refractivity contribution in [1.82, 2.24) is 9.62 Å². The minimum atomic E-state index is -3.67. The predicted octanol–water partition coefficient (Wildman–Crippen LogP) is 2.24. The van der Waals surface area contributed by atoms with E-state index in [4.69, 9.17) is 0 Å². The third kappa shape index (κ3) is 5.73. The molecular formula is C23H34N4O5S. The number of rotatable bonds is 6. The van der Waals surface area contributed by atoms with Gasteiger partial charge in [-0.1, -0.05) is 25.7 Å². The summed E-state index contributed by atoms with van der Waals surface area (Å²) in [5.41, 5.74) is -0.379. The van der Waals surface area contributed by atoms with Crippen molar-refractivity contribution in [2.24, 2.45) is 0 Å². The van der Waals surface area contributed by atoms with Gasteiger partial charge >= 0.3 is 0 Å². The second kappa shape index (κ2) is 10.2. The summed E-state index contributed by atoms with van der Waals surface area (Å²) in [5, 5.41) is 5.78. The van der Waals surface area contributed by atoms with Crippen LogP contribution in [0.15, 0.2) is 24.3 Å². The zero-order chi connectivity index (χ0) is 24.2. The Bertz CT molecular complexity index is 987. The zero-order valence-corrected chi connectivity index (χ0v) is 20.4. The van der Waals surface area contributed by atoms with Crippen molar-refractivity contribution in [3.8, 4) is 0 Å². The number of anilines is 2. The number of hydrogen-bond donors (Lipinski definition) is 2. The van der Waals surface area contributed by atoms with E-state index in [-0.39, 0.29) is 36.7 Å². The first-order valence-corrected chi connectivity index (χ1v) is 13.2.